The fourth-order valence-corrected chi connectivity index (χ4v) is 4.30. The summed E-state index contributed by atoms with van der Waals surface area (Å²) in [6, 6.07) is 9.05. The van der Waals surface area contributed by atoms with Gasteiger partial charge in [-0.1, -0.05) is 13.0 Å². The Morgan fingerprint density at radius 2 is 1.97 bits per heavy atom. The monoisotopic (exact) mass is 517 g/mol. The fraction of sp³-hybridized carbons (Fsp3) is 0.444. The molecule has 8 nitrogen and oxygen atoms in total. The first-order valence-corrected chi connectivity index (χ1v) is 12.3. The van der Waals surface area contributed by atoms with Crippen LogP contribution in [-0.4, -0.2) is 71.8 Å². The highest BCUT2D eigenvalue weighted by atomic mass is 19.2. The minimum absolute atomic E-state index is 0.0694. The number of aromatic nitrogens is 2. The van der Waals surface area contributed by atoms with Gasteiger partial charge >= 0.3 is 0 Å². The van der Waals surface area contributed by atoms with E-state index in [1.165, 1.54) is 6.07 Å². The van der Waals surface area contributed by atoms with E-state index in [2.05, 4.69) is 21.4 Å². The molecule has 3 aromatic rings. The Labute approximate surface area is 215 Å². The summed E-state index contributed by atoms with van der Waals surface area (Å²) in [6.45, 7) is 5.06. The number of ether oxygens (including phenoxy) is 4. The number of imidazole rings is 1. The topological polar surface area (TPSA) is 78.2 Å². The van der Waals surface area contributed by atoms with Crippen molar-refractivity contribution in [1.29, 1.82) is 0 Å². The molecular formula is C27H33F2N3O5. The number of rotatable bonds is 11. The third-order valence-electron chi connectivity index (χ3n) is 6.18. The van der Waals surface area contributed by atoms with Gasteiger partial charge in [-0.25, -0.2) is 13.8 Å². The van der Waals surface area contributed by atoms with E-state index >= 15 is 0 Å². The van der Waals surface area contributed by atoms with Crippen molar-refractivity contribution in [3.63, 3.8) is 0 Å². The highest BCUT2D eigenvalue weighted by Gasteiger charge is 2.33. The molecule has 0 saturated carbocycles. The summed E-state index contributed by atoms with van der Waals surface area (Å²) in [5, 5.41) is 11.1. The Morgan fingerprint density at radius 3 is 2.76 bits per heavy atom. The number of benzene rings is 2. The smallest absolute Gasteiger partial charge is 0.162 e. The van der Waals surface area contributed by atoms with E-state index < -0.39 is 17.2 Å². The molecule has 1 aliphatic heterocycles. The van der Waals surface area contributed by atoms with Gasteiger partial charge in [0, 0.05) is 44.5 Å². The summed E-state index contributed by atoms with van der Waals surface area (Å²) in [7, 11) is 1.60. The zero-order chi connectivity index (χ0) is 26.3. The van der Waals surface area contributed by atoms with Crippen molar-refractivity contribution in [3.05, 3.63) is 71.8 Å². The van der Waals surface area contributed by atoms with Crippen molar-refractivity contribution in [3.8, 4) is 17.2 Å². The number of nitrogens with zero attached hydrogens (tertiary/aromatic N) is 3. The maximum absolute atomic E-state index is 13.5. The lowest BCUT2D eigenvalue weighted by Gasteiger charge is -2.30. The van der Waals surface area contributed by atoms with Gasteiger partial charge in [0.25, 0.3) is 0 Å². The predicted molar refractivity (Wildman–Crippen MR) is 133 cm³/mol. The molecule has 1 aromatic heterocycles. The first-order chi connectivity index (χ1) is 17.9. The summed E-state index contributed by atoms with van der Waals surface area (Å²) in [5.41, 5.74) is -0.336. The van der Waals surface area contributed by atoms with Gasteiger partial charge in [0.05, 0.1) is 26.9 Å². The van der Waals surface area contributed by atoms with Gasteiger partial charge in [-0.15, -0.1) is 0 Å². The maximum atomic E-state index is 13.5. The first kappa shape index (κ1) is 26.8. The lowest BCUT2D eigenvalue weighted by atomic mass is 10.1. The van der Waals surface area contributed by atoms with E-state index in [1.807, 2.05) is 24.4 Å². The molecule has 2 heterocycles. The number of hydrogen-bond acceptors (Lipinski definition) is 7. The van der Waals surface area contributed by atoms with Gasteiger partial charge in [-0.2, -0.15) is 0 Å². The second-order valence-corrected chi connectivity index (χ2v) is 9.08. The highest BCUT2D eigenvalue weighted by Crippen LogP contribution is 2.29. The molecule has 1 N–H and O–H groups in total. The number of aliphatic hydroxyl groups is 1. The third-order valence-corrected chi connectivity index (χ3v) is 6.18. The standard InChI is InChI=1S/C27H33F2N3O5/c1-3-26-30-8-9-32(26)11-13-36-24-7-4-20(14-25(24)34-2)16-31-10-12-35-18-27(33,17-31)19-37-21-5-6-22(28)23(29)15-21/h4-9,14-15,33H,3,10-13,16-19H2,1-2H3/t27-/m1/s1. The second-order valence-electron chi connectivity index (χ2n) is 9.08. The summed E-state index contributed by atoms with van der Waals surface area (Å²) < 4.78 is 51.5. The van der Waals surface area contributed by atoms with Crippen LogP contribution >= 0.6 is 0 Å². The SMILES string of the molecule is CCc1nccn1CCOc1ccc(CN2CCOC[C@@](O)(COc3ccc(F)c(F)c3)C2)cc1OC. The average Bonchev–Trinajstić information content (AvgIpc) is 3.27. The second kappa shape index (κ2) is 12.4. The van der Waals surface area contributed by atoms with Crippen LogP contribution in [0.25, 0.3) is 0 Å². The zero-order valence-corrected chi connectivity index (χ0v) is 21.2. The van der Waals surface area contributed by atoms with Crippen LogP contribution in [0, 0.1) is 11.6 Å². The van der Waals surface area contributed by atoms with Crippen molar-refractivity contribution in [2.75, 3.05) is 46.6 Å². The van der Waals surface area contributed by atoms with Gasteiger partial charge < -0.3 is 28.6 Å². The molecule has 0 spiro atoms. The zero-order valence-electron chi connectivity index (χ0n) is 21.2. The largest absolute Gasteiger partial charge is 0.493 e. The van der Waals surface area contributed by atoms with Crippen molar-refractivity contribution in [2.24, 2.45) is 0 Å². The Kier molecular flexibility index (Phi) is 8.96. The number of aryl methyl sites for hydroxylation is 1. The normalized spacial score (nSPS) is 18.4. The molecule has 1 atom stereocenters. The lowest BCUT2D eigenvalue weighted by molar-refractivity contribution is -0.0647. The van der Waals surface area contributed by atoms with Crippen LogP contribution in [0.15, 0.2) is 48.8 Å². The van der Waals surface area contributed by atoms with Crippen LogP contribution in [0.4, 0.5) is 8.78 Å². The maximum Gasteiger partial charge on any atom is 0.162 e. The third kappa shape index (κ3) is 7.18. The molecule has 2 aromatic carbocycles. The molecule has 1 saturated heterocycles. The van der Waals surface area contributed by atoms with Gasteiger partial charge in [0.15, 0.2) is 23.1 Å². The van der Waals surface area contributed by atoms with Crippen molar-refractivity contribution in [2.45, 2.75) is 32.0 Å². The van der Waals surface area contributed by atoms with Crippen LogP contribution in [0.5, 0.6) is 17.2 Å². The van der Waals surface area contributed by atoms with Crippen LogP contribution < -0.4 is 14.2 Å². The van der Waals surface area contributed by atoms with Crippen molar-refractivity contribution >= 4 is 0 Å². The van der Waals surface area contributed by atoms with E-state index in [0.29, 0.717) is 44.3 Å². The minimum atomic E-state index is -1.32. The Hall–Kier alpha value is -3.21. The van der Waals surface area contributed by atoms with E-state index in [-0.39, 0.29) is 25.5 Å². The average molecular weight is 518 g/mol. The van der Waals surface area contributed by atoms with Gasteiger partial charge in [-0.05, 0) is 29.8 Å². The van der Waals surface area contributed by atoms with Gasteiger partial charge in [0.1, 0.15) is 30.4 Å². The molecule has 0 aliphatic carbocycles. The number of β-amino-alcohol motifs (C(OH)–C–C–N with tert-alkyl or cyclic N) is 1. The lowest BCUT2D eigenvalue weighted by Crippen LogP contribution is -2.48. The minimum Gasteiger partial charge on any atom is -0.493 e. The Bertz CT molecular complexity index is 1170. The molecule has 1 fully saturated rings. The summed E-state index contributed by atoms with van der Waals surface area (Å²) in [6.07, 6.45) is 4.59. The van der Waals surface area contributed by atoms with Crippen LogP contribution in [0.3, 0.4) is 0 Å². The van der Waals surface area contributed by atoms with E-state index in [4.69, 9.17) is 18.9 Å². The summed E-state index contributed by atoms with van der Waals surface area (Å²) in [4.78, 5) is 6.38. The van der Waals surface area contributed by atoms with E-state index in [0.717, 1.165) is 29.9 Å². The van der Waals surface area contributed by atoms with Gasteiger partial charge in [-0.3, -0.25) is 4.90 Å². The molecular weight excluding hydrogens is 484 g/mol. The summed E-state index contributed by atoms with van der Waals surface area (Å²) >= 11 is 0. The van der Waals surface area contributed by atoms with Crippen LogP contribution in [0.1, 0.15) is 18.3 Å². The van der Waals surface area contributed by atoms with Crippen LogP contribution in [-0.2, 0) is 24.2 Å². The molecule has 0 unspecified atom stereocenters. The molecule has 37 heavy (non-hydrogen) atoms. The molecule has 200 valence electrons. The molecule has 0 radical (unpaired) electrons. The Morgan fingerprint density at radius 1 is 1.11 bits per heavy atom. The summed E-state index contributed by atoms with van der Waals surface area (Å²) in [5.74, 6) is 0.481. The number of methoxy groups -OCH3 is 1. The quantitative estimate of drug-likeness (QED) is 0.418. The molecule has 1 aliphatic rings. The molecule has 0 bridgehead atoms. The van der Waals surface area contributed by atoms with Gasteiger partial charge in [0.2, 0.25) is 0 Å². The fourth-order valence-electron chi connectivity index (χ4n) is 4.30. The Balaban J connectivity index is 1.35. The van der Waals surface area contributed by atoms with E-state index in [9.17, 15) is 13.9 Å². The van der Waals surface area contributed by atoms with Crippen molar-refractivity contribution < 1.29 is 32.8 Å². The molecule has 0 amide bonds. The first-order valence-electron chi connectivity index (χ1n) is 12.3. The highest BCUT2D eigenvalue weighted by molar-refractivity contribution is 5.43. The predicted octanol–water partition coefficient (Wildman–Crippen LogP) is 3.45. The number of halogens is 2. The molecule has 10 heteroatoms. The number of hydrogen-bond donors (Lipinski definition) is 1. The van der Waals surface area contributed by atoms with Crippen molar-refractivity contribution in [1.82, 2.24) is 14.5 Å². The van der Waals surface area contributed by atoms with E-state index in [1.54, 1.807) is 13.3 Å². The van der Waals surface area contributed by atoms with Crippen LogP contribution in [0.2, 0.25) is 0 Å². The molecule has 4 rings (SSSR count).